The Morgan fingerprint density at radius 3 is 2.47 bits per heavy atom. The molecule has 1 fully saturated rings. The van der Waals surface area contributed by atoms with E-state index < -0.39 is 7.12 Å². The van der Waals surface area contributed by atoms with Crippen molar-refractivity contribution >= 4 is 12.6 Å². The van der Waals surface area contributed by atoms with Gasteiger partial charge in [0, 0.05) is 19.6 Å². The van der Waals surface area contributed by atoms with Gasteiger partial charge in [0.1, 0.15) is 0 Å². The third-order valence-electron chi connectivity index (χ3n) is 3.33. The van der Waals surface area contributed by atoms with Gasteiger partial charge in [-0.25, -0.2) is 0 Å². The second-order valence-electron chi connectivity index (χ2n) is 5.87. The van der Waals surface area contributed by atoms with Crippen LogP contribution >= 0.6 is 0 Å². The Hall–Kier alpha value is -0.835. The van der Waals surface area contributed by atoms with Crippen molar-refractivity contribution in [2.24, 2.45) is 5.41 Å². The minimum atomic E-state index is -1.37. The fraction of sp³-hybridized carbons (Fsp3) is 0.538. The van der Waals surface area contributed by atoms with Gasteiger partial charge in [0.2, 0.25) is 0 Å². The zero-order valence-corrected chi connectivity index (χ0v) is 10.8. The van der Waals surface area contributed by atoms with Crippen LogP contribution in [0.25, 0.3) is 0 Å². The van der Waals surface area contributed by atoms with Crippen molar-refractivity contribution in [3.8, 4) is 0 Å². The van der Waals surface area contributed by atoms with Crippen LogP contribution in [0.3, 0.4) is 0 Å². The first-order valence-electron chi connectivity index (χ1n) is 6.05. The van der Waals surface area contributed by atoms with Crippen LogP contribution in [0.1, 0.15) is 25.0 Å². The van der Waals surface area contributed by atoms with Crippen molar-refractivity contribution in [2.75, 3.05) is 13.1 Å². The van der Waals surface area contributed by atoms with Gasteiger partial charge in [-0.1, -0.05) is 37.6 Å². The van der Waals surface area contributed by atoms with E-state index in [2.05, 4.69) is 24.8 Å². The molecule has 3 nitrogen and oxygen atoms in total. The molecule has 0 aromatic heterocycles. The summed E-state index contributed by atoms with van der Waals surface area (Å²) in [6.07, 6.45) is 0. The first-order valence-corrected chi connectivity index (χ1v) is 6.05. The van der Waals surface area contributed by atoms with Gasteiger partial charge in [0.15, 0.2) is 0 Å². The lowest BCUT2D eigenvalue weighted by atomic mass is 9.76. The number of nitrogens with zero attached hydrogens (tertiary/aromatic N) is 1. The van der Waals surface area contributed by atoms with E-state index in [9.17, 15) is 10.0 Å². The number of hydrogen-bond donors (Lipinski definition) is 2. The van der Waals surface area contributed by atoms with Crippen molar-refractivity contribution in [1.29, 1.82) is 0 Å². The standard InChI is InChI=1S/C13H20BNO2/c1-10-4-5-11(6-12(10)14(16)17)7-15-8-13(2,3)9-15/h4-6,16-17H,7-9H2,1-3H3. The molecule has 0 unspecified atom stereocenters. The molecule has 0 aliphatic carbocycles. The molecule has 2 N–H and O–H groups in total. The average molecular weight is 233 g/mol. The van der Waals surface area contributed by atoms with Gasteiger partial charge in [0.05, 0.1) is 0 Å². The van der Waals surface area contributed by atoms with Crippen LogP contribution < -0.4 is 5.46 Å². The summed E-state index contributed by atoms with van der Waals surface area (Å²) in [6.45, 7) is 9.54. The van der Waals surface area contributed by atoms with Gasteiger partial charge < -0.3 is 10.0 Å². The Balaban J connectivity index is 2.05. The maximum atomic E-state index is 9.26. The number of aryl methyl sites for hydroxylation is 1. The largest absolute Gasteiger partial charge is 0.488 e. The molecule has 1 saturated heterocycles. The topological polar surface area (TPSA) is 43.7 Å². The van der Waals surface area contributed by atoms with Gasteiger partial charge in [-0.3, -0.25) is 4.90 Å². The highest BCUT2D eigenvalue weighted by molar-refractivity contribution is 6.59. The van der Waals surface area contributed by atoms with Crippen molar-refractivity contribution in [3.05, 3.63) is 29.3 Å². The first kappa shape index (κ1) is 12.6. The fourth-order valence-electron chi connectivity index (χ4n) is 2.60. The maximum Gasteiger partial charge on any atom is 0.488 e. The molecule has 1 heterocycles. The van der Waals surface area contributed by atoms with Crippen molar-refractivity contribution in [1.82, 2.24) is 4.90 Å². The van der Waals surface area contributed by atoms with Crippen LogP contribution in [0.5, 0.6) is 0 Å². The summed E-state index contributed by atoms with van der Waals surface area (Å²) in [6, 6.07) is 5.91. The second-order valence-corrected chi connectivity index (χ2v) is 5.87. The zero-order chi connectivity index (χ0) is 12.6. The molecule has 0 radical (unpaired) electrons. The lowest BCUT2D eigenvalue weighted by molar-refractivity contribution is 0.0242. The summed E-state index contributed by atoms with van der Waals surface area (Å²) in [4.78, 5) is 2.37. The van der Waals surface area contributed by atoms with Crippen LogP contribution in [-0.2, 0) is 6.54 Å². The number of likely N-dealkylation sites (tertiary alicyclic amines) is 1. The molecular formula is C13H20BNO2. The molecule has 17 heavy (non-hydrogen) atoms. The first-order chi connectivity index (χ1) is 7.87. The summed E-state index contributed by atoms with van der Waals surface area (Å²) < 4.78 is 0. The van der Waals surface area contributed by atoms with Gasteiger partial charge in [-0.2, -0.15) is 0 Å². The quantitative estimate of drug-likeness (QED) is 0.748. The smallest absolute Gasteiger partial charge is 0.423 e. The summed E-state index contributed by atoms with van der Waals surface area (Å²) in [5, 5.41) is 18.5. The molecular weight excluding hydrogens is 213 g/mol. The highest BCUT2D eigenvalue weighted by atomic mass is 16.4. The number of benzene rings is 1. The predicted molar refractivity (Wildman–Crippen MR) is 70.1 cm³/mol. The van der Waals surface area contributed by atoms with Crippen LogP contribution in [0, 0.1) is 12.3 Å². The lowest BCUT2D eigenvalue weighted by Crippen LogP contribution is -2.52. The van der Waals surface area contributed by atoms with Crippen molar-refractivity contribution in [3.63, 3.8) is 0 Å². The third kappa shape index (κ3) is 2.89. The second kappa shape index (κ2) is 4.44. The molecule has 1 aromatic carbocycles. The molecule has 0 bridgehead atoms. The molecule has 1 aliphatic heterocycles. The van der Waals surface area contributed by atoms with E-state index in [1.165, 1.54) is 0 Å². The summed E-state index contributed by atoms with van der Waals surface area (Å²) in [5.41, 5.74) is 3.12. The third-order valence-corrected chi connectivity index (χ3v) is 3.33. The SMILES string of the molecule is Cc1ccc(CN2CC(C)(C)C2)cc1B(O)O. The zero-order valence-electron chi connectivity index (χ0n) is 10.8. The fourth-order valence-corrected chi connectivity index (χ4v) is 2.60. The Bertz CT molecular complexity index is 410. The Kier molecular flexibility index (Phi) is 3.30. The molecule has 1 aliphatic rings. The van der Waals surface area contributed by atoms with E-state index in [0.29, 0.717) is 10.9 Å². The van der Waals surface area contributed by atoms with Crippen LogP contribution in [0.15, 0.2) is 18.2 Å². The molecule has 0 saturated carbocycles. The molecule has 0 spiro atoms. The van der Waals surface area contributed by atoms with Gasteiger partial charge >= 0.3 is 7.12 Å². The van der Waals surface area contributed by atoms with Gasteiger partial charge in [-0.15, -0.1) is 0 Å². The van der Waals surface area contributed by atoms with E-state index in [-0.39, 0.29) is 0 Å². The summed E-state index contributed by atoms with van der Waals surface area (Å²) in [7, 11) is -1.37. The molecule has 2 rings (SSSR count). The number of hydrogen-bond acceptors (Lipinski definition) is 3. The Morgan fingerprint density at radius 2 is 1.94 bits per heavy atom. The highest BCUT2D eigenvalue weighted by Gasteiger charge is 2.33. The molecule has 0 amide bonds. The highest BCUT2D eigenvalue weighted by Crippen LogP contribution is 2.29. The van der Waals surface area contributed by atoms with Crippen LogP contribution in [-0.4, -0.2) is 35.2 Å². The van der Waals surface area contributed by atoms with E-state index >= 15 is 0 Å². The lowest BCUT2D eigenvalue weighted by Gasteiger charge is -2.46. The van der Waals surface area contributed by atoms with Gasteiger partial charge in [-0.05, 0) is 23.4 Å². The minimum Gasteiger partial charge on any atom is -0.423 e. The molecule has 92 valence electrons. The Labute approximate surface area is 103 Å². The summed E-state index contributed by atoms with van der Waals surface area (Å²) in [5.74, 6) is 0. The monoisotopic (exact) mass is 233 g/mol. The maximum absolute atomic E-state index is 9.26. The van der Waals surface area contributed by atoms with Gasteiger partial charge in [0.25, 0.3) is 0 Å². The normalized spacial score (nSPS) is 18.9. The Morgan fingerprint density at radius 1 is 1.29 bits per heavy atom. The summed E-state index contributed by atoms with van der Waals surface area (Å²) >= 11 is 0. The van der Waals surface area contributed by atoms with Crippen molar-refractivity contribution < 1.29 is 10.0 Å². The van der Waals surface area contributed by atoms with E-state index in [0.717, 1.165) is 30.8 Å². The van der Waals surface area contributed by atoms with Crippen LogP contribution in [0.4, 0.5) is 0 Å². The number of rotatable bonds is 3. The molecule has 1 aromatic rings. The van der Waals surface area contributed by atoms with E-state index in [4.69, 9.17) is 0 Å². The molecule has 0 atom stereocenters. The van der Waals surface area contributed by atoms with Crippen molar-refractivity contribution in [2.45, 2.75) is 27.3 Å². The average Bonchev–Trinajstić information content (AvgIpc) is 2.17. The molecule has 4 heteroatoms. The minimum absolute atomic E-state index is 0.435. The van der Waals surface area contributed by atoms with E-state index in [1.54, 1.807) is 0 Å². The van der Waals surface area contributed by atoms with Crippen LogP contribution in [0.2, 0.25) is 0 Å². The predicted octanol–water partition coefficient (Wildman–Crippen LogP) is 0.517. The van der Waals surface area contributed by atoms with E-state index in [1.807, 2.05) is 19.1 Å².